The van der Waals surface area contributed by atoms with E-state index in [0.29, 0.717) is 19.5 Å². The average molecular weight is 300 g/mol. The summed E-state index contributed by atoms with van der Waals surface area (Å²) < 4.78 is 37.5. The number of rotatable bonds is 6. The van der Waals surface area contributed by atoms with Gasteiger partial charge in [0.1, 0.15) is 0 Å². The lowest BCUT2D eigenvalue weighted by atomic mass is 10.1. The van der Waals surface area contributed by atoms with Gasteiger partial charge < -0.3 is 10.2 Å². The van der Waals surface area contributed by atoms with Crippen molar-refractivity contribution in [1.29, 1.82) is 0 Å². The zero-order valence-electron chi connectivity index (χ0n) is 11.9. The lowest BCUT2D eigenvalue weighted by Crippen LogP contribution is -2.34. The first-order valence-corrected chi connectivity index (χ1v) is 7.02. The number of nitrogens with one attached hydrogen (secondary N) is 1. The van der Waals surface area contributed by atoms with E-state index in [-0.39, 0.29) is 11.9 Å². The number of benzene rings is 1. The van der Waals surface area contributed by atoms with Crippen molar-refractivity contribution in [2.45, 2.75) is 38.0 Å². The van der Waals surface area contributed by atoms with Crippen LogP contribution < -0.4 is 5.32 Å². The van der Waals surface area contributed by atoms with Gasteiger partial charge in [0.25, 0.3) is 0 Å². The molecular formula is C15H19F3N2O. The second-order valence-electron chi connectivity index (χ2n) is 5.30. The minimum atomic E-state index is -4.32. The van der Waals surface area contributed by atoms with E-state index in [2.05, 4.69) is 5.32 Å². The molecule has 1 aromatic carbocycles. The van der Waals surface area contributed by atoms with E-state index in [0.717, 1.165) is 30.5 Å². The van der Waals surface area contributed by atoms with Crippen LogP contribution in [0.5, 0.6) is 0 Å². The molecule has 0 spiro atoms. The molecule has 1 aromatic rings. The minimum Gasteiger partial charge on any atom is -0.335 e. The molecule has 0 radical (unpaired) electrons. The molecule has 0 bridgehead atoms. The molecule has 0 atom stereocenters. The van der Waals surface area contributed by atoms with Crippen LogP contribution in [0.15, 0.2) is 24.3 Å². The van der Waals surface area contributed by atoms with Gasteiger partial charge in [-0.2, -0.15) is 13.2 Å². The Bertz CT molecular complexity index is 481. The van der Waals surface area contributed by atoms with E-state index in [9.17, 15) is 18.0 Å². The van der Waals surface area contributed by atoms with E-state index in [1.54, 1.807) is 11.9 Å². The molecule has 1 amide bonds. The van der Waals surface area contributed by atoms with Crippen LogP contribution in [0.4, 0.5) is 13.2 Å². The molecule has 21 heavy (non-hydrogen) atoms. The predicted octanol–water partition coefficient (Wildman–Crippen LogP) is 2.81. The summed E-state index contributed by atoms with van der Waals surface area (Å²) in [5.41, 5.74) is 0.0680. The summed E-state index contributed by atoms with van der Waals surface area (Å²) in [5.74, 6) is 0.0479. The highest BCUT2D eigenvalue weighted by molar-refractivity contribution is 5.77. The average Bonchev–Trinajstić information content (AvgIpc) is 3.26. The zero-order chi connectivity index (χ0) is 15.5. The second kappa shape index (κ2) is 6.47. The molecule has 6 heteroatoms. The van der Waals surface area contributed by atoms with Crippen molar-refractivity contribution in [2.75, 3.05) is 13.6 Å². The first-order chi connectivity index (χ1) is 9.91. The van der Waals surface area contributed by atoms with Gasteiger partial charge in [-0.05, 0) is 37.6 Å². The van der Waals surface area contributed by atoms with Crippen LogP contribution in [0.3, 0.4) is 0 Å². The summed E-state index contributed by atoms with van der Waals surface area (Å²) in [4.78, 5) is 13.9. The van der Waals surface area contributed by atoms with Crippen molar-refractivity contribution in [1.82, 2.24) is 10.2 Å². The van der Waals surface area contributed by atoms with Gasteiger partial charge in [-0.3, -0.25) is 4.79 Å². The summed E-state index contributed by atoms with van der Waals surface area (Å²) in [7, 11) is 1.78. The zero-order valence-corrected chi connectivity index (χ0v) is 11.9. The van der Waals surface area contributed by atoms with Gasteiger partial charge >= 0.3 is 6.18 Å². The number of hydrogen-bond donors (Lipinski definition) is 1. The Balaban J connectivity index is 2.02. The Morgan fingerprint density at radius 1 is 1.29 bits per heavy atom. The fourth-order valence-electron chi connectivity index (χ4n) is 2.18. The van der Waals surface area contributed by atoms with Crippen molar-refractivity contribution in [3.05, 3.63) is 35.4 Å². The highest BCUT2D eigenvalue weighted by Gasteiger charge is 2.33. The lowest BCUT2D eigenvalue weighted by Gasteiger charge is -2.23. The third kappa shape index (κ3) is 4.46. The van der Waals surface area contributed by atoms with Crippen molar-refractivity contribution < 1.29 is 18.0 Å². The number of carbonyl (C=O) groups is 1. The van der Waals surface area contributed by atoms with E-state index in [1.807, 2.05) is 0 Å². The van der Waals surface area contributed by atoms with Crippen LogP contribution in [0.2, 0.25) is 0 Å². The number of amides is 1. The number of nitrogens with zero attached hydrogens (tertiary/aromatic N) is 1. The Morgan fingerprint density at radius 3 is 2.38 bits per heavy atom. The minimum absolute atomic E-state index is 0.0479. The van der Waals surface area contributed by atoms with Crippen LogP contribution in [0, 0.1) is 0 Å². The van der Waals surface area contributed by atoms with Crippen molar-refractivity contribution in [3.63, 3.8) is 0 Å². The highest BCUT2D eigenvalue weighted by Crippen LogP contribution is 2.31. The Hall–Kier alpha value is -1.56. The molecule has 1 aliphatic carbocycles. The molecule has 1 saturated carbocycles. The van der Waals surface area contributed by atoms with Gasteiger partial charge in [0.2, 0.25) is 5.91 Å². The van der Waals surface area contributed by atoms with E-state index in [4.69, 9.17) is 0 Å². The number of carbonyl (C=O) groups excluding carboxylic acids is 1. The summed E-state index contributed by atoms with van der Waals surface area (Å²) in [6, 6.07) is 5.28. The summed E-state index contributed by atoms with van der Waals surface area (Å²) >= 11 is 0. The van der Waals surface area contributed by atoms with E-state index < -0.39 is 11.7 Å². The van der Waals surface area contributed by atoms with Crippen LogP contribution in [0.1, 0.15) is 30.4 Å². The number of halogens is 3. The monoisotopic (exact) mass is 300 g/mol. The normalized spacial score (nSPS) is 15.0. The molecule has 116 valence electrons. The fraction of sp³-hybridized carbons (Fsp3) is 0.533. The van der Waals surface area contributed by atoms with Crippen LogP contribution in [-0.4, -0.2) is 30.4 Å². The molecule has 1 N–H and O–H groups in total. The maximum Gasteiger partial charge on any atom is 0.416 e. The molecule has 1 aliphatic rings. The molecule has 0 heterocycles. The van der Waals surface area contributed by atoms with Crippen molar-refractivity contribution in [3.8, 4) is 0 Å². The fourth-order valence-corrected chi connectivity index (χ4v) is 2.18. The first-order valence-electron chi connectivity index (χ1n) is 7.02. The quantitative estimate of drug-likeness (QED) is 0.876. The number of alkyl halides is 3. The summed E-state index contributed by atoms with van der Waals surface area (Å²) in [6.45, 7) is 0.987. The van der Waals surface area contributed by atoms with E-state index in [1.165, 1.54) is 12.1 Å². The highest BCUT2D eigenvalue weighted by atomic mass is 19.4. The second-order valence-corrected chi connectivity index (χ2v) is 5.30. The van der Waals surface area contributed by atoms with Crippen LogP contribution in [-0.2, 0) is 17.5 Å². The first kappa shape index (κ1) is 15.8. The standard InChI is InChI=1S/C15H19F3N2O/c1-19-9-8-14(21)20(13-6-7-13)10-11-2-4-12(5-3-11)15(16,17)18/h2-5,13,19H,6-10H2,1H3. The third-order valence-electron chi connectivity index (χ3n) is 3.53. The maximum atomic E-state index is 12.5. The largest absolute Gasteiger partial charge is 0.416 e. The smallest absolute Gasteiger partial charge is 0.335 e. The van der Waals surface area contributed by atoms with Gasteiger partial charge in [-0.15, -0.1) is 0 Å². The topological polar surface area (TPSA) is 32.3 Å². The maximum absolute atomic E-state index is 12.5. The molecule has 3 nitrogen and oxygen atoms in total. The molecule has 0 saturated heterocycles. The van der Waals surface area contributed by atoms with Gasteiger partial charge in [-0.25, -0.2) is 0 Å². The van der Waals surface area contributed by atoms with Gasteiger partial charge in [0.05, 0.1) is 5.56 Å². The van der Waals surface area contributed by atoms with E-state index >= 15 is 0 Å². The molecular weight excluding hydrogens is 281 g/mol. The molecule has 0 aliphatic heterocycles. The van der Waals surface area contributed by atoms with Crippen molar-refractivity contribution in [2.24, 2.45) is 0 Å². The predicted molar refractivity (Wildman–Crippen MR) is 73.6 cm³/mol. The Morgan fingerprint density at radius 2 is 1.90 bits per heavy atom. The third-order valence-corrected chi connectivity index (χ3v) is 3.53. The molecule has 0 aromatic heterocycles. The SMILES string of the molecule is CNCCC(=O)N(Cc1ccc(C(F)(F)F)cc1)C1CC1. The van der Waals surface area contributed by atoms with Crippen molar-refractivity contribution >= 4 is 5.91 Å². The van der Waals surface area contributed by atoms with Gasteiger partial charge in [-0.1, -0.05) is 12.1 Å². The Labute approximate surface area is 122 Å². The molecule has 0 unspecified atom stereocenters. The van der Waals surface area contributed by atoms with Gasteiger partial charge in [0, 0.05) is 25.6 Å². The number of hydrogen-bond acceptors (Lipinski definition) is 2. The summed E-state index contributed by atoms with van der Waals surface area (Å²) in [6.07, 6.45) is -1.96. The Kier molecular flexibility index (Phi) is 4.88. The lowest BCUT2D eigenvalue weighted by molar-refractivity contribution is -0.137. The molecule has 2 rings (SSSR count). The van der Waals surface area contributed by atoms with Crippen LogP contribution >= 0.6 is 0 Å². The summed E-state index contributed by atoms with van der Waals surface area (Å²) in [5, 5.41) is 2.93. The van der Waals surface area contributed by atoms with Gasteiger partial charge in [0.15, 0.2) is 0 Å². The van der Waals surface area contributed by atoms with Crippen LogP contribution in [0.25, 0.3) is 0 Å². The molecule has 1 fully saturated rings.